The van der Waals surface area contributed by atoms with Crippen LogP contribution < -0.4 is 4.90 Å². The molecule has 0 aromatic heterocycles. The molecule has 2 fully saturated rings. The van der Waals surface area contributed by atoms with Gasteiger partial charge in [0.2, 0.25) is 0 Å². The highest BCUT2D eigenvalue weighted by Gasteiger charge is 2.30. The average molecular weight is 260 g/mol. The topological polar surface area (TPSA) is 26.7 Å². The first-order chi connectivity index (χ1) is 9.28. The lowest BCUT2D eigenvalue weighted by Gasteiger charge is -2.38. The number of benzene rings is 1. The number of anilines is 1. The van der Waals surface area contributed by atoms with Gasteiger partial charge in [-0.1, -0.05) is 19.1 Å². The molecule has 3 heteroatoms. The molecule has 2 saturated heterocycles. The highest BCUT2D eigenvalue weighted by atomic mass is 16.3. The molecule has 2 aliphatic heterocycles. The summed E-state index contributed by atoms with van der Waals surface area (Å²) in [7, 11) is 0. The Hall–Kier alpha value is -1.06. The zero-order valence-corrected chi connectivity index (χ0v) is 11.8. The molecule has 2 heterocycles. The Labute approximate surface area is 115 Å². The molecule has 3 rings (SSSR count). The van der Waals surface area contributed by atoms with Crippen molar-refractivity contribution in [2.45, 2.75) is 38.3 Å². The lowest BCUT2D eigenvalue weighted by atomic mass is 10.1. The Morgan fingerprint density at radius 1 is 1.21 bits per heavy atom. The van der Waals surface area contributed by atoms with Crippen molar-refractivity contribution in [3.63, 3.8) is 0 Å². The van der Waals surface area contributed by atoms with Crippen LogP contribution in [0.4, 0.5) is 5.69 Å². The van der Waals surface area contributed by atoms with Crippen molar-refractivity contribution < 1.29 is 5.11 Å². The lowest BCUT2D eigenvalue weighted by molar-refractivity contribution is 0.173. The molecular weight excluding hydrogens is 236 g/mol. The summed E-state index contributed by atoms with van der Waals surface area (Å²) in [4.78, 5) is 5.13. The van der Waals surface area contributed by atoms with E-state index in [-0.39, 0.29) is 6.10 Å². The molecule has 0 radical (unpaired) electrons. The fraction of sp³-hybridized carbons (Fsp3) is 0.625. The van der Waals surface area contributed by atoms with Crippen LogP contribution in [0.15, 0.2) is 24.3 Å². The van der Waals surface area contributed by atoms with Crippen LogP contribution in [0.25, 0.3) is 0 Å². The van der Waals surface area contributed by atoms with E-state index in [9.17, 15) is 5.11 Å². The maximum absolute atomic E-state index is 9.83. The van der Waals surface area contributed by atoms with E-state index < -0.39 is 0 Å². The summed E-state index contributed by atoms with van der Waals surface area (Å²) in [5, 5.41) is 9.83. The molecule has 0 aliphatic carbocycles. The summed E-state index contributed by atoms with van der Waals surface area (Å²) in [5.41, 5.74) is 2.34. The third-order valence-corrected chi connectivity index (χ3v) is 4.62. The number of rotatable bonds is 3. The van der Waals surface area contributed by atoms with Crippen LogP contribution in [0.2, 0.25) is 0 Å². The van der Waals surface area contributed by atoms with E-state index >= 15 is 0 Å². The number of hydrogen-bond donors (Lipinski definition) is 1. The summed E-state index contributed by atoms with van der Waals surface area (Å²) in [6.45, 7) is 6.80. The van der Waals surface area contributed by atoms with E-state index in [0.717, 1.165) is 31.1 Å². The Balaban J connectivity index is 1.69. The predicted molar refractivity (Wildman–Crippen MR) is 78.5 cm³/mol. The fourth-order valence-electron chi connectivity index (χ4n) is 3.37. The maximum atomic E-state index is 9.83. The standard InChI is InChI=1S/C16H24N2O/c1-2-16(19)13-5-7-14(8-6-13)18-11-10-17-9-3-4-15(17)12-18/h5-8,15-16,19H,2-4,9-12H2,1H3/t15?,16-/m1/s1. The zero-order chi connectivity index (χ0) is 13.2. The minimum atomic E-state index is -0.319. The fourth-order valence-corrected chi connectivity index (χ4v) is 3.37. The van der Waals surface area contributed by atoms with Crippen molar-refractivity contribution in [3.05, 3.63) is 29.8 Å². The minimum absolute atomic E-state index is 0.319. The average Bonchev–Trinajstić information content (AvgIpc) is 2.94. The monoisotopic (exact) mass is 260 g/mol. The molecule has 1 aromatic carbocycles. The maximum Gasteiger partial charge on any atom is 0.0787 e. The Morgan fingerprint density at radius 2 is 2.00 bits per heavy atom. The van der Waals surface area contributed by atoms with Crippen LogP contribution >= 0.6 is 0 Å². The molecule has 0 amide bonds. The largest absolute Gasteiger partial charge is 0.388 e. The third-order valence-electron chi connectivity index (χ3n) is 4.62. The van der Waals surface area contributed by atoms with E-state index in [0.29, 0.717) is 0 Å². The van der Waals surface area contributed by atoms with E-state index in [2.05, 4.69) is 34.1 Å². The Kier molecular flexibility index (Phi) is 3.76. The smallest absolute Gasteiger partial charge is 0.0787 e. The van der Waals surface area contributed by atoms with Gasteiger partial charge >= 0.3 is 0 Å². The van der Waals surface area contributed by atoms with Crippen LogP contribution in [-0.4, -0.2) is 42.2 Å². The van der Waals surface area contributed by atoms with Crippen molar-refractivity contribution in [2.24, 2.45) is 0 Å². The molecule has 3 nitrogen and oxygen atoms in total. The van der Waals surface area contributed by atoms with Crippen molar-refractivity contribution in [1.29, 1.82) is 0 Å². The molecule has 0 spiro atoms. The van der Waals surface area contributed by atoms with E-state index in [1.807, 2.05) is 6.92 Å². The number of aliphatic hydroxyl groups excluding tert-OH is 1. The molecule has 104 valence electrons. The van der Waals surface area contributed by atoms with E-state index in [1.165, 1.54) is 31.6 Å². The van der Waals surface area contributed by atoms with Gasteiger partial charge in [-0.3, -0.25) is 4.90 Å². The molecule has 0 saturated carbocycles. The van der Waals surface area contributed by atoms with Gasteiger partial charge in [-0.2, -0.15) is 0 Å². The van der Waals surface area contributed by atoms with Crippen molar-refractivity contribution in [1.82, 2.24) is 4.90 Å². The van der Waals surface area contributed by atoms with Crippen LogP contribution in [-0.2, 0) is 0 Å². The van der Waals surface area contributed by atoms with Gasteiger partial charge < -0.3 is 10.0 Å². The first-order valence-corrected chi connectivity index (χ1v) is 7.55. The quantitative estimate of drug-likeness (QED) is 0.904. The highest BCUT2D eigenvalue weighted by Crippen LogP contribution is 2.26. The molecule has 1 N–H and O–H groups in total. The van der Waals surface area contributed by atoms with Crippen LogP contribution in [0.3, 0.4) is 0 Å². The molecule has 1 aromatic rings. The summed E-state index contributed by atoms with van der Waals surface area (Å²) in [5.74, 6) is 0. The second-order valence-electron chi connectivity index (χ2n) is 5.79. The van der Waals surface area contributed by atoms with Gasteiger partial charge in [0.15, 0.2) is 0 Å². The first-order valence-electron chi connectivity index (χ1n) is 7.55. The SMILES string of the molecule is CC[C@@H](O)c1ccc(N2CCN3CCCC3C2)cc1. The first kappa shape index (κ1) is 12.9. The molecule has 1 unspecified atom stereocenters. The number of hydrogen-bond acceptors (Lipinski definition) is 3. The molecule has 19 heavy (non-hydrogen) atoms. The second-order valence-corrected chi connectivity index (χ2v) is 5.79. The van der Waals surface area contributed by atoms with Crippen LogP contribution in [0, 0.1) is 0 Å². The number of fused-ring (bicyclic) bond motifs is 1. The van der Waals surface area contributed by atoms with Gasteiger partial charge in [0.1, 0.15) is 0 Å². The second kappa shape index (κ2) is 5.51. The Bertz CT molecular complexity index is 417. The summed E-state index contributed by atoms with van der Waals surface area (Å²) in [6, 6.07) is 9.24. The molecule has 0 bridgehead atoms. The van der Waals surface area contributed by atoms with Gasteiger partial charge in [-0.05, 0) is 43.5 Å². The normalized spacial score (nSPS) is 25.4. The minimum Gasteiger partial charge on any atom is -0.388 e. The van der Waals surface area contributed by atoms with Gasteiger partial charge in [-0.25, -0.2) is 0 Å². The van der Waals surface area contributed by atoms with E-state index in [4.69, 9.17) is 0 Å². The highest BCUT2D eigenvalue weighted by molar-refractivity contribution is 5.48. The summed E-state index contributed by atoms with van der Waals surface area (Å²) < 4.78 is 0. The van der Waals surface area contributed by atoms with Gasteiger partial charge in [0, 0.05) is 31.4 Å². The van der Waals surface area contributed by atoms with Gasteiger partial charge in [0.25, 0.3) is 0 Å². The molecule has 2 aliphatic rings. The predicted octanol–water partition coefficient (Wildman–Crippen LogP) is 2.41. The van der Waals surface area contributed by atoms with Crippen LogP contribution in [0.1, 0.15) is 37.9 Å². The number of piperazine rings is 1. The third kappa shape index (κ3) is 2.63. The lowest BCUT2D eigenvalue weighted by Crippen LogP contribution is -2.50. The van der Waals surface area contributed by atoms with Crippen molar-refractivity contribution in [2.75, 3.05) is 31.1 Å². The van der Waals surface area contributed by atoms with Crippen molar-refractivity contribution >= 4 is 5.69 Å². The number of nitrogens with zero attached hydrogens (tertiary/aromatic N) is 2. The Morgan fingerprint density at radius 3 is 2.74 bits per heavy atom. The van der Waals surface area contributed by atoms with E-state index in [1.54, 1.807) is 0 Å². The summed E-state index contributed by atoms with van der Waals surface area (Å²) in [6.07, 6.45) is 3.17. The molecule has 2 atom stereocenters. The van der Waals surface area contributed by atoms with Gasteiger partial charge in [0.05, 0.1) is 6.10 Å². The zero-order valence-electron chi connectivity index (χ0n) is 11.8. The number of aliphatic hydroxyl groups is 1. The summed E-state index contributed by atoms with van der Waals surface area (Å²) >= 11 is 0. The molecular formula is C16H24N2O. The van der Waals surface area contributed by atoms with Crippen LogP contribution in [0.5, 0.6) is 0 Å². The van der Waals surface area contributed by atoms with Crippen molar-refractivity contribution in [3.8, 4) is 0 Å². The van der Waals surface area contributed by atoms with Gasteiger partial charge in [-0.15, -0.1) is 0 Å².